The fourth-order valence-corrected chi connectivity index (χ4v) is 3.11. The van der Waals surface area contributed by atoms with Crippen LogP contribution >= 0.6 is 11.6 Å². The zero-order valence-corrected chi connectivity index (χ0v) is 15.2. The van der Waals surface area contributed by atoms with Crippen LogP contribution in [-0.4, -0.2) is 21.9 Å². The monoisotopic (exact) mass is 366 g/mol. The summed E-state index contributed by atoms with van der Waals surface area (Å²) < 4.78 is 6.94. The van der Waals surface area contributed by atoms with Gasteiger partial charge in [-0.1, -0.05) is 35.9 Å². The predicted octanol–water partition coefficient (Wildman–Crippen LogP) is 4.03. The van der Waals surface area contributed by atoms with Crippen LogP contribution in [0.2, 0.25) is 5.02 Å². The second-order valence-corrected chi connectivity index (χ2v) is 6.58. The van der Waals surface area contributed by atoms with Gasteiger partial charge in [-0.05, 0) is 48.2 Å². The van der Waals surface area contributed by atoms with E-state index in [2.05, 4.69) is 16.2 Å². The van der Waals surface area contributed by atoms with Crippen LogP contribution in [0.15, 0.2) is 61.2 Å². The number of nitriles is 1. The van der Waals surface area contributed by atoms with Gasteiger partial charge in [0, 0.05) is 5.02 Å². The standard InChI is InChI=1S/C20H19ClN4O/c1-26-19-8-4-17(5-9-19)20(12-22,13-25-15-23-14-24-25)11-10-16-2-6-18(21)7-3-16/h2-9,14-15H,10-11,13H2,1H3. The van der Waals surface area contributed by atoms with E-state index in [4.69, 9.17) is 16.3 Å². The van der Waals surface area contributed by atoms with Crippen LogP contribution in [0, 0.1) is 11.3 Å². The first-order valence-corrected chi connectivity index (χ1v) is 8.66. The molecule has 1 unspecified atom stereocenters. The van der Waals surface area contributed by atoms with Crippen LogP contribution in [0.25, 0.3) is 0 Å². The summed E-state index contributed by atoms with van der Waals surface area (Å²) in [7, 11) is 1.63. The summed E-state index contributed by atoms with van der Waals surface area (Å²) in [4.78, 5) is 4.00. The van der Waals surface area contributed by atoms with Crippen molar-refractivity contribution >= 4 is 11.6 Å². The summed E-state index contributed by atoms with van der Waals surface area (Å²) >= 11 is 5.97. The van der Waals surface area contributed by atoms with E-state index in [1.165, 1.54) is 6.33 Å². The molecule has 0 fully saturated rings. The third-order valence-electron chi connectivity index (χ3n) is 4.51. The van der Waals surface area contributed by atoms with E-state index in [0.717, 1.165) is 23.3 Å². The summed E-state index contributed by atoms with van der Waals surface area (Å²) in [5, 5.41) is 15.0. The van der Waals surface area contributed by atoms with E-state index in [9.17, 15) is 5.26 Å². The highest BCUT2D eigenvalue weighted by atomic mass is 35.5. The minimum Gasteiger partial charge on any atom is -0.497 e. The lowest BCUT2D eigenvalue weighted by molar-refractivity contribution is 0.398. The molecular formula is C20H19ClN4O. The predicted molar refractivity (Wildman–Crippen MR) is 100 cm³/mol. The van der Waals surface area contributed by atoms with Gasteiger partial charge in [-0.25, -0.2) is 4.98 Å². The van der Waals surface area contributed by atoms with Crippen LogP contribution in [0.3, 0.4) is 0 Å². The van der Waals surface area contributed by atoms with Crippen molar-refractivity contribution in [2.75, 3.05) is 7.11 Å². The van der Waals surface area contributed by atoms with E-state index in [0.29, 0.717) is 18.0 Å². The average Bonchev–Trinajstić information content (AvgIpc) is 3.19. The van der Waals surface area contributed by atoms with E-state index < -0.39 is 5.41 Å². The van der Waals surface area contributed by atoms with Gasteiger partial charge in [-0.15, -0.1) is 0 Å². The molecule has 0 saturated heterocycles. The normalized spacial score (nSPS) is 13.0. The fraction of sp³-hybridized carbons (Fsp3) is 0.250. The maximum absolute atomic E-state index is 10.1. The lowest BCUT2D eigenvalue weighted by Crippen LogP contribution is -2.31. The van der Waals surface area contributed by atoms with Crippen LogP contribution in [-0.2, 0) is 18.4 Å². The van der Waals surface area contributed by atoms with Gasteiger partial charge in [0.2, 0.25) is 0 Å². The molecule has 0 saturated carbocycles. The molecule has 5 nitrogen and oxygen atoms in total. The number of halogens is 1. The summed E-state index contributed by atoms with van der Waals surface area (Å²) in [5.41, 5.74) is 1.35. The minimum atomic E-state index is -0.723. The Balaban J connectivity index is 1.90. The molecule has 132 valence electrons. The molecule has 26 heavy (non-hydrogen) atoms. The van der Waals surface area contributed by atoms with Crippen molar-refractivity contribution in [1.29, 1.82) is 5.26 Å². The molecule has 0 radical (unpaired) electrons. The van der Waals surface area contributed by atoms with E-state index in [1.54, 1.807) is 18.1 Å². The van der Waals surface area contributed by atoms with Gasteiger partial charge < -0.3 is 4.74 Å². The quantitative estimate of drug-likeness (QED) is 0.633. The molecule has 0 aliphatic rings. The number of aromatic nitrogens is 3. The molecule has 0 aliphatic carbocycles. The molecule has 0 bridgehead atoms. The zero-order chi connectivity index (χ0) is 18.4. The topological polar surface area (TPSA) is 63.7 Å². The Morgan fingerprint density at radius 2 is 1.88 bits per heavy atom. The average molecular weight is 367 g/mol. The van der Waals surface area contributed by atoms with Crippen LogP contribution in [0.1, 0.15) is 17.5 Å². The third kappa shape index (κ3) is 4.04. The van der Waals surface area contributed by atoms with Crippen molar-refractivity contribution in [3.05, 3.63) is 77.3 Å². The Bertz CT molecular complexity index is 870. The molecule has 0 N–H and O–H groups in total. The lowest BCUT2D eigenvalue weighted by atomic mass is 9.77. The number of aryl methyl sites for hydroxylation is 1. The highest BCUT2D eigenvalue weighted by Gasteiger charge is 2.33. The molecule has 0 amide bonds. The Hall–Kier alpha value is -2.84. The Labute approximate surface area is 157 Å². The third-order valence-corrected chi connectivity index (χ3v) is 4.76. The smallest absolute Gasteiger partial charge is 0.137 e. The summed E-state index contributed by atoms with van der Waals surface area (Å²) in [5.74, 6) is 0.763. The van der Waals surface area contributed by atoms with Gasteiger partial charge in [0.05, 0.1) is 19.7 Å². The van der Waals surface area contributed by atoms with Gasteiger partial charge in [0.1, 0.15) is 23.8 Å². The van der Waals surface area contributed by atoms with Crippen molar-refractivity contribution in [3.8, 4) is 11.8 Å². The first kappa shape index (κ1) is 18.0. The second kappa shape index (κ2) is 8.03. The lowest BCUT2D eigenvalue weighted by Gasteiger charge is -2.27. The van der Waals surface area contributed by atoms with E-state index in [1.807, 2.05) is 48.5 Å². The summed E-state index contributed by atoms with van der Waals surface area (Å²) in [6, 6.07) is 17.9. The minimum absolute atomic E-state index is 0.434. The van der Waals surface area contributed by atoms with Crippen molar-refractivity contribution in [1.82, 2.24) is 14.8 Å². The van der Waals surface area contributed by atoms with Crippen molar-refractivity contribution in [3.63, 3.8) is 0 Å². The van der Waals surface area contributed by atoms with E-state index in [-0.39, 0.29) is 0 Å². The largest absolute Gasteiger partial charge is 0.497 e. The Kier molecular flexibility index (Phi) is 5.55. The number of hydrogen-bond acceptors (Lipinski definition) is 4. The van der Waals surface area contributed by atoms with E-state index >= 15 is 0 Å². The number of rotatable bonds is 7. The number of ether oxygens (including phenoxy) is 1. The van der Waals surface area contributed by atoms with Crippen LogP contribution < -0.4 is 4.74 Å². The number of methoxy groups -OCH3 is 1. The number of nitrogens with zero attached hydrogens (tertiary/aromatic N) is 4. The van der Waals surface area contributed by atoms with Gasteiger partial charge in [0.15, 0.2) is 0 Å². The summed E-state index contributed by atoms with van der Waals surface area (Å²) in [6.45, 7) is 0.434. The molecule has 1 aromatic heterocycles. The maximum atomic E-state index is 10.1. The highest BCUT2D eigenvalue weighted by molar-refractivity contribution is 6.30. The van der Waals surface area contributed by atoms with Crippen LogP contribution in [0.4, 0.5) is 0 Å². The Morgan fingerprint density at radius 1 is 1.15 bits per heavy atom. The zero-order valence-electron chi connectivity index (χ0n) is 14.5. The molecular weight excluding hydrogens is 348 g/mol. The molecule has 0 aliphatic heterocycles. The van der Waals surface area contributed by atoms with Gasteiger partial charge in [-0.3, -0.25) is 4.68 Å². The van der Waals surface area contributed by atoms with Gasteiger partial charge >= 0.3 is 0 Å². The number of benzene rings is 2. The van der Waals surface area contributed by atoms with Gasteiger partial charge in [0.25, 0.3) is 0 Å². The Morgan fingerprint density at radius 3 is 2.46 bits per heavy atom. The van der Waals surface area contributed by atoms with Gasteiger partial charge in [-0.2, -0.15) is 10.4 Å². The van der Waals surface area contributed by atoms with Crippen molar-refractivity contribution in [2.24, 2.45) is 0 Å². The molecule has 3 rings (SSSR count). The van der Waals surface area contributed by atoms with Crippen molar-refractivity contribution < 1.29 is 4.74 Å². The molecule has 1 heterocycles. The first-order chi connectivity index (χ1) is 12.6. The summed E-state index contributed by atoms with van der Waals surface area (Å²) in [6.07, 6.45) is 4.52. The maximum Gasteiger partial charge on any atom is 0.137 e. The highest BCUT2D eigenvalue weighted by Crippen LogP contribution is 2.32. The fourth-order valence-electron chi connectivity index (χ4n) is 2.98. The molecule has 1 atom stereocenters. The second-order valence-electron chi connectivity index (χ2n) is 6.14. The van der Waals surface area contributed by atoms with Crippen molar-refractivity contribution in [2.45, 2.75) is 24.8 Å². The molecule has 0 spiro atoms. The number of hydrogen-bond donors (Lipinski definition) is 0. The molecule has 6 heteroatoms. The molecule has 3 aromatic rings. The van der Waals surface area contributed by atoms with Crippen LogP contribution in [0.5, 0.6) is 5.75 Å². The first-order valence-electron chi connectivity index (χ1n) is 8.28. The molecule has 2 aromatic carbocycles. The SMILES string of the molecule is COc1ccc(C(C#N)(CCc2ccc(Cl)cc2)Cn2cncn2)cc1.